The van der Waals surface area contributed by atoms with Gasteiger partial charge in [0, 0.05) is 32.8 Å². The first-order valence-electron chi connectivity index (χ1n) is 9.17. The van der Waals surface area contributed by atoms with Gasteiger partial charge in [0.1, 0.15) is 0 Å². The number of hydrogen-bond acceptors (Lipinski definition) is 3. The number of likely N-dealkylation sites (tertiary alicyclic amines) is 1. The highest BCUT2D eigenvalue weighted by Crippen LogP contribution is 2.13. The van der Waals surface area contributed by atoms with Crippen LogP contribution in [0.15, 0.2) is 24.3 Å². The molecule has 1 fully saturated rings. The van der Waals surface area contributed by atoms with Crippen LogP contribution in [0.5, 0.6) is 0 Å². The number of rotatable bonds is 9. The summed E-state index contributed by atoms with van der Waals surface area (Å²) in [6.45, 7) is 8.04. The fraction of sp³-hybridized carbons (Fsp3) is 0.632. The summed E-state index contributed by atoms with van der Waals surface area (Å²) in [7, 11) is 0. The molecule has 2 rings (SSSR count). The topological polar surface area (TPSA) is 53.6 Å². The molecule has 0 aliphatic carbocycles. The molecule has 24 heavy (non-hydrogen) atoms. The van der Waals surface area contributed by atoms with Crippen molar-refractivity contribution < 1.29 is 9.53 Å². The van der Waals surface area contributed by atoms with Gasteiger partial charge in [0.05, 0.1) is 0 Å². The van der Waals surface area contributed by atoms with Crippen molar-refractivity contribution in [3.8, 4) is 0 Å². The Morgan fingerprint density at radius 3 is 2.50 bits per heavy atom. The van der Waals surface area contributed by atoms with E-state index in [1.54, 1.807) is 0 Å². The van der Waals surface area contributed by atoms with Gasteiger partial charge in [-0.3, -0.25) is 4.90 Å². The van der Waals surface area contributed by atoms with E-state index < -0.39 is 0 Å². The van der Waals surface area contributed by atoms with Gasteiger partial charge in [-0.25, -0.2) is 4.79 Å². The SMILES string of the molecule is CCOCCCNC(=O)NCc1ccc(CN2CCCCC2)cc1. The summed E-state index contributed by atoms with van der Waals surface area (Å²) in [5, 5.41) is 5.73. The number of piperidine rings is 1. The zero-order chi connectivity index (χ0) is 17.0. The average molecular weight is 333 g/mol. The Labute approximate surface area is 145 Å². The van der Waals surface area contributed by atoms with Crippen LogP contribution in [0.4, 0.5) is 4.79 Å². The van der Waals surface area contributed by atoms with Crippen LogP contribution >= 0.6 is 0 Å². The molecule has 0 unspecified atom stereocenters. The highest BCUT2D eigenvalue weighted by molar-refractivity contribution is 5.73. The number of benzene rings is 1. The van der Waals surface area contributed by atoms with E-state index >= 15 is 0 Å². The smallest absolute Gasteiger partial charge is 0.315 e. The monoisotopic (exact) mass is 333 g/mol. The summed E-state index contributed by atoms with van der Waals surface area (Å²) in [5.74, 6) is 0. The maximum Gasteiger partial charge on any atom is 0.315 e. The molecule has 0 atom stereocenters. The molecule has 2 amide bonds. The molecule has 1 aliphatic rings. The second-order valence-corrected chi connectivity index (χ2v) is 6.31. The molecule has 1 aromatic rings. The van der Waals surface area contributed by atoms with Gasteiger partial charge >= 0.3 is 6.03 Å². The van der Waals surface area contributed by atoms with Gasteiger partial charge < -0.3 is 15.4 Å². The van der Waals surface area contributed by atoms with Gasteiger partial charge in [0.15, 0.2) is 0 Å². The van der Waals surface area contributed by atoms with Gasteiger partial charge in [-0.1, -0.05) is 30.7 Å². The van der Waals surface area contributed by atoms with E-state index in [0.717, 1.165) is 25.1 Å². The van der Waals surface area contributed by atoms with Gasteiger partial charge in [-0.05, 0) is 50.4 Å². The Morgan fingerprint density at radius 2 is 1.79 bits per heavy atom. The number of nitrogens with zero attached hydrogens (tertiary/aromatic N) is 1. The van der Waals surface area contributed by atoms with E-state index in [4.69, 9.17) is 4.74 Å². The predicted molar refractivity (Wildman–Crippen MR) is 96.9 cm³/mol. The number of amides is 2. The normalized spacial score (nSPS) is 15.2. The van der Waals surface area contributed by atoms with Crippen molar-refractivity contribution >= 4 is 6.03 Å². The fourth-order valence-electron chi connectivity index (χ4n) is 2.90. The highest BCUT2D eigenvalue weighted by Gasteiger charge is 2.10. The molecule has 5 nitrogen and oxygen atoms in total. The number of urea groups is 1. The lowest BCUT2D eigenvalue weighted by Crippen LogP contribution is -2.35. The van der Waals surface area contributed by atoms with Crippen molar-refractivity contribution in [1.82, 2.24) is 15.5 Å². The third-order valence-electron chi connectivity index (χ3n) is 4.29. The molecule has 0 bridgehead atoms. The van der Waals surface area contributed by atoms with Gasteiger partial charge in [-0.15, -0.1) is 0 Å². The number of carbonyl (C=O) groups excluding carboxylic acids is 1. The maximum absolute atomic E-state index is 11.7. The molecule has 1 saturated heterocycles. The summed E-state index contributed by atoms with van der Waals surface area (Å²) in [6.07, 6.45) is 4.85. The van der Waals surface area contributed by atoms with Crippen LogP contribution in [-0.2, 0) is 17.8 Å². The Bertz CT molecular complexity index is 470. The van der Waals surface area contributed by atoms with Crippen molar-refractivity contribution in [3.05, 3.63) is 35.4 Å². The summed E-state index contributed by atoms with van der Waals surface area (Å²) in [5.41, 5.74) is 2.47. The quantitative estimate of drug-likeness (QED) is 0.683. The summed E-state index contributed by atoms with van der Waals surface area (Å²) in [4.78, 5) is 14.2. The number of hydrogen-bond donors (Lipinski definition) is 2. The average Bonchev–Trinajstić information content (AvgIpc) is 2.62. The molecule has 134 valence electrons. The van der Waals surface area contributed by atoms with Crippen LogP contribution in [0.3, 0.4) is 0 Å². The molecule has 1 aliphatic heterocycles. The standard InChI is InChI=1S/C19H31N3O2/c1-2-24-14-6-11-20-19(23)21-15-17-7-9-18(10-8-17)16-22-12-4-3-5-13-22/h7-10H,2-6,11-16H2,1H3,(H2,20,21,23). The molecule has 1 aromatic carbocycles. The first-order chi connectivity index (χ1) is 11.8. The highest BCUT2D eigenvalue weighted by atomic mass is 16.5. The molecule has 5 heteroatoms. The minimum Gasteiger partial charge on any atom is -0.382 e. The Kier molecular flexibility index (Phi) is 8.63. The van der Waals surface area contributed by atoms with Gasteiger partial charge in [0.25, 0.3) is 0 Å². The second-order valence-electron chi connectivity index (χ2n) is 6.31. The van der Waals surface area contributed by atoms with E-state index in [0.29, 0.717) is 19.7 Å². The first kappa shape index (κ1) is 18.7. The van der Waals surface area contributed by atoms with E-state index in [9.17, 15) is 4.79 Å². The molecular weight excluding hydrogens is 302 g/mol. The second kappa shape index (κ2) is 11.0. The number of nitrogens with one attached hydrogen (secondary N) is 2. The van der Waals surface area contributed by atoms with Gasteiger partial charge in [0.2, 0.25) is 0 Å². The molecule has 0 aromatic heterocycles. The minimum absolute atomic E-state index is 0.121. The molecule has 2 N–H and O–H groups in total. The molecule has 0 spiro atoms. The molecule has 0 radical (unpaired) electrons. The summed E-state index contributed by atoms with van der Waals surface area (Å²) < 4.78 is 5.24. The molecular formula is C19H31N3O2. The van der Waals surface area contributed by atoms with Gasteiger partial charge in [-0.2, -0.15) is 0 Å². The predicted octanol–water partition coefficient (Wildman–Crippen LogP) is 2.90. The number of carbonyl (C=O) groups is 1. The lowest BCUT2D eigenvalue weighted by molar-refractivity contribution is 0.145. The lowest BCUT2D eigenvalue weighted by atomic mass is 10.1. The van der Waals surface area contributed by atoms with Crippen LogP contribution in [0.25, 0.3) is 0 Å². The largest absolute Gasteiger partial charge is 0.382 e. The van der Waals surface area contributed by atoms with E-state index in [-0.39, 0.29) is 6.03 Å². The minimum atomic E-state index is -0.121. The summed E-state index contributed by atoms with van der Waals surface area (Å²) in [6, 6.07) is 8.43. The Balaban J connectivity index is 1.63. The number of ether oxygens (including phenoxy) is 1. The van der Waals surface area contributed by atoms with Crippen LogP contribution in [0, 0.1) is 0 Å². The molecule has 1 heterocycles. The van der Waals surface area contributed by atoms with E-state index in [2.05, 4.69) is 39.8 Å². The lowest BCUT2D eigenvalue weighted by Gasteiger charge is -2.26. The van der Waals surface area contributed by atoms with Crippen molar-refractivity contribution in [1.29, 1.82) is 0 Å². The van der Waals surface area contributed by atoms with Crippen LogP contribution in [0.1, 0.15) is 43.7 Å². The Hall–Kier alpha value is -1.59. The Morgan fingerprint density at radius 1 is 1.08 bits per heavy atom. The van der Waals surface area contributed by atoms with Crippen molar-refractivity contribution in [2.24, 2.45) is 0 Å². The van der Waals surface area contributed by atoms with Crippen LogP contribution in [0.2, 0.25) is 0 Å². The van der Waals surface area contributed by atoms with Crippen LogP contribution < -0.4 is 10.6 Å². The zero-order valence-corrected chi connectivity index (χ0v) is 14.9. The zero-order valence-electron chi connectivity index (χ0n) is 14.9. The van der Waals surface area contributed by atoms with Crippen molar-refractivity contribution in [2.45, 2.75) is 45.7 Å². The van der Waals surface area contributed by atoms with Crippen molar-refractivity contribution in [3.63, 3.8) is 0 Å². The third-order valence-corrected chi connectivity index (χ3v) is 4.29. The summed E-state index contributed by atoms with van der Waals surface area (Å²) >= 11 is 0. The molecule has 0 saturated carbocycles. The first-order valence-corrected chi connectivity index (χ1v) is 9.17. The van der Waals surface area contributed by atoms with Crippen molar-refractivity contribution in [2.75, 3.05) is 32.8 Å². The van der Waals surface area contributed by atoms with Crippen LogP contribution in [-0.4, -0.2) is 43.8 Å². The fourth-order valence-corrected chi connectivity index (χ4v) is 2.90. The van der Waals surface area contributed by atoms with E-state index in [1.165, 1.54) is 37.9 Å². The van der Waals surface area contributed by atoms with E-state index in [1.807, 2.05) is 6.92 Å². The third kappa shape index (κ3) is 7.32. The maximum atomic E-state index is 11.7.